The van der Waals surface area contributed by atoms with Gasteiger partial charge in [-0.15, -0.1) is 0 Å². The molecule has 0 aliphatic carbocycles. The molecule has 5 heteroatoms. The number of rotatable bonds is 5. The zero-order chi connectivity index (χ0) is 18.6. The maximum atomic E-state index is 13.2. The highest BCUT2D eigenvalue weighted by Gasteiger charge is 2.27. The highest BCUT2D eigenvalue weighted by molar-refractivity contribution is 5.81. The average Bonchev–Trinajstić information content (AvgIpc) is 3.17. The third-order valence-electron chi connectivity index (χ3n) is 5.07. The van der Waals surface area contributed by atoms with Gasteiger partial charge >= 0.3 is 0 Å². The third-order valence-corrected chi connectivity index (χ3v) is 5.07. The van der Waals surface area contributed by atoms with E-state index in [1.807, 2.05) is 23.1 Å². The summed E-state index contributed by atoms with van der Waals surface area (Å²) in [6, 6.07) is 14.2. The molecular weight excluding hydrogens is 342 g/mol. The molecule has 27 heavy (non-hydrogen) atoms. The summed E-state index contributed by atoms with van der Waals surface area (Å²) in [5, 5.41) is 0. The molecule has 1 atom stereocenters. The van der Waals surface area contributed by atoms with Crippen LogP contribution in [0.15, 0.2) is 42.5 Å². The van der Waals surface area contributed by atoms with Crippen LogP contribution in [0.2, 0.25) is 0 Å². The SMILES string of the molecule is Cc1ccc(CN(Cc2ccc3c(c2)OCO3)C(=O)[C@@H]2CCCCO2)cc1. The Labute approximate surface area is 159 Å². The summed E-state index contributed by atoms with van der Waals surface area (Å²) in [5.74, 6) is 1.56. The molecule has 0 bridgehead atoms. The molecule has 1 saturated heterocycles. The van der Waals surface area contributed by atoms with Crippen LogP contribution in [0.25, 0.3) is 0 Å². The Morgan fingerprint density at radius 1 is 1.00 bits per heavy atom. The molecule has 0 saturated carbocycles. The summed E-state index contributed by atoms with van der Waals surface area (Å²) in [5.41, 5.74) is 3.35. The van der Waals surface area contributed by atoms with Crippen LogP contribution in [0.3, 0.4) is 0 Å². The zero-order valence-electron chi connectivity index (χ0n) is 15.6. The number of hydrogen-bond donors (Lipinski definition) is 0. The fourth-order valence-electron chi connectivity index (χ4n) is 3.52. The Balaban J connectivity index is 1.54. The van der Waals surface area contributed by atoms with Gasteiger partial charge in [0, 0.05) is 19.7 Å². The molecule has 4 rings (SSSR count). The third kappa shape index (κ3) is 4.25. The molecule has 0 aromatic heterocycles. The van der Waals surface area contributed by atoms with Crippen molar-refractivity contribution >= 4 is 5.91 Å². The maximum Gasteiger partial charge on any atom is 0.252 e. The van der Waals surface area contributed by atoms with Crippen LogP contribution in [0, 0.1) is 6.92 Å². The lowest BCUT2D eigenvalue weighted by atomic mass is 10.1. The quantitative estimate of drug-likeness (QED) is 0.806. The van der Waals surface area contributed by atoms with Gasteiger partial charge in [-0.2, -0.15) is 0 Å². The van der Waals surface area contributed by atoms with Crippen LogP contribution in [-0.4, -0.2) is 30.3 Å². The molecule has 2 aliphatic rings. The second kappa shape index (κ2) is 8.01. The highest BCUT2D eigenvalue weighted by Crippen LogP contribution is 2.33. The lowest BCUT2D eigenvalue weighted by Crippen LogP contribution is -2.41. The van der Waals surface area contributed by atoms with Gasteiger partial charge in [0.25, 0.3) is 5.91 Å². The van der Waals surface area contributed by atoms with Crippen LogP contribution in [0.5, 0.6) is 11.5 Å². The van der Waals surface area contributed by atoms with Gasteiger partial charge in [-0.05, 0) is 49.4 Å². The zero-order valence-corrected chi connectivity index (χ0v) is 15.6. The highest BCUT2D eigenvalue weighted by atomic mass is 16.7. The maximum absolute atomic E-state index is 13.2. The fourth-order valence-corrected chi connectivity index (χ4v) is 3.52. The lowest BCUT2D eigenvalue weighted by Gasteiger charge is -2.30. The summed E-state index contributed by atoms with van der Waals surface area (Å²) in [6.07, 6.45) is 2.53. The molecule has 0 unspecified atom stereocenters. The van der Waals surface area contributed by atoms with Gasteiger partial charge in [0.2, 0.25) is 6.79 Å². The minimum Gasteiger partial charge on any atom is -0.454 e. The number of aryl methyl sites for hydroxylation is 1. The molecule has 2 aromatic rings. The monoisotopic (exact) mass is 367 g/mol. The summed E-state index contributed by atoms with van der Waals surface area (Å²) < 4.78 is 16.6. The Morgan fingerprint density at radius 2 is 1.74 bits per heavy atom. The smallest absolute Gasteiger partial charge is 0.252 e. The molecule has 2 aliphatic heterocycles. The number of carbonyl (C=O) groups excluding carboxylic acids is 1. The van der Waals surface area contributed by atoms with Crippen molar-refractivity contribution in [2.45, 2.75) is 45.4 Å². The molecule has 1 amide bonds. The van der Waals surface area contributed by atoms with E-state index in [1.54, 1.807) is 0 Å². The largest absolute Gasteiger partial charge is 0.454 e. The van der Waals surface area contributed by atoms with Crippen LogP contribution >= 0.6 is 0 Å². The summed E-state index contributed by atoms with van der Waals surface area (Å²) in [6.45, 7) is 4.06. The van der Waals surface area contributed by atoms with Crippen LogP contribution in [0.4, 0.5) is 0 Å². The van der Waals surface area contributed by atoms with Crippen molar-refractivity contribution in [1.29, 1.82) is 0 Å². The predicted octanol–water partition coefficient (Wildman–Crippen LogP) is 3.82. The van der Waals surface area contributed by atoms with E-state index in [2.05, 4.69) is 31.2 Å². The van der Waals surface area contributed by atoms with E-state index in [0.717, 1.165) is 41.9 Å². The minimum absolute atomic E-state index is 0.0629. The second-order valence-corrected chi connectivity index (χ2v) is 7.22. The van der Waals surface area contributed by atoms with Gasteiger partial charge < -0.3 is 19.1 Å². The van der Waals surface area contributed by atoms with Crippen molar-refractivity contribution in [2.24, 2.45) is 0 Å². The molecule has 1 fully saturated rings. The molecule has 0 spiro atoms. The number of benzene rings is 2. The van der Waals surface area contributed by atoms with E-state index >= 15 is 0 Å². The Morgan fingerprint density at radius 3 is 2.52 bits per heavy atom. The normalized spacial score (nSPS) is 18.3. The molecule has 5 nitrogen and oxygen atoms in total. The summed E-state index contributed by atoms with van der Waals surface area (Å²) in [4.78, 5) is 15.0. The summed E-state index contributed by atoms with van der Waals surface area (Å²) in [7, 11) is 0. The molecule has 0 radical (unpaired) electrons. The van der Waals surface area contributed by atoms with Gasteiger partial charge in [0.05, 0.1) is 0 Å². The van der Waals surface area contributed by atoms with Gasteiger partial charge in [0.1, 0.15) is 6.10 Å². The van der Waals surface area contributed by atoms with E-state index in [1.165, 1.54) is 5.56 Å². The molecule has 0 N–H and O–H groups in total. The first-order valence-corrected chi connectivity index (χ1v) is 9.53. The topological polar surface area (TPSA) is 48.0 Å². The van der Waals surface area contributed by atoms with Crippen molar-refractivity contribution < 1.29 is 19.0 Å². The van der Waals surface area contributed by atoms with Crippen molar-refractivity contribution in [3.8, 4) is 11.5 Å². The Hall–Kier alpha value is -2.53. The van der Waals surface area contributed by atoms with E-state index < -0.39 is 0 Å². The number of ether oxygens (including phenoxy) is 3. The predicted molar refractivity (Wildman–Crippen MR) is 102 cm³/mol. The van der Waals surface area contributed by atoms with E-state index in [9.17, 15) is 4.79 Å². The number of carbonyl (C=O) groups is 1. The van der Waals surface area contributed by atoms with Crippen LogP contribution in [-0.2, 0) is 22.6 Å². The lowest BCUT2D eigenvalue weighted by molar-refractivity contribution is -0.147. The van der Waals surface area contributed by atoms with Gasteiger partial charge in [-0.3, -0.25) is 4.79 Å². The van der Waals surface area contributed by atoms with Gasteiger partial charge in [-0.1, -0.05) is 35.9 Å². The first-order chi connectivity index (χ1) is 13.2. The number of hydrogen-bond acceptors (Lipinski definition) is 4. The van der Waals surface area contributed by atoms with E-state index in [-0.39, 0.29) is 18.8 Å². The molecule has 2 heterocycles. The van der Waals surface area contributed by atoms with E-state index in [4.69, 9.17) is 14.2 Å². The van der Waals surface area contributed by atoms with Gasteiger partial charge in [-0.25, -0.2) is 0 Å². The number of amides is 1. The minimum atomic E-state index is -0.335. The molecule has 2 aromatic carbocycles. The van der Waals surface area contributed by atoms with Crippen molar-refractivity contribution in [1.82, 2.24) is 4.90 Å². The van der Waals surface area contributed by atoms with E-state index in [0.29, 0.717) is 19.7 Å². The fraction of sp³-hybridized carbons (Fsp3) is 0.409. The van der Waals surface area contributed by atoms with Crippen molar-refractivity contribution in [2.75, 3.05) is 13.4 Å². The van der Waals surface area contributed by atoms with Gasteiger partial charge in [0.15, 0.2) is 11.5 Å². The summed E-state index contributed by atoms with van der Waals surface area (Å²) >= 11 is 0. The first-order valence-electron chi connectivity index (χ1n) is 9.53. The number of fused-ring (bicyclic) bond motifs is 1. The molecular formula is C22H25NO4. The van der Waals surface area contributed by atoms with Crippen molar-refractivity contribution in [3.63, 3.8) is 0 Å². The number of nitrogens with zero attached hydrogens (tertiary/aromatic N) is 1. The van der Waals surface area contributed by atoms with Crippen molar-refractivity contribution in [3.05, 3.63) is 59.2 Å². The first kappa shape index (κ1) is 17.9. The van der Waals surface area contributed by atoms with Crippen LogP contribution in [0.1, 0.15) is 36.0 Å². The Bertz CT molecular complexity index is 796. The Kier molecular flexibility index (Phi) is 5.30. The average molecular weight is 367 g/mol. The molecule has 142 valence electrons. The standard InChI is InChI=1S/C22H25NO4/c1-16-5-7-17(8-6-16)13-23(22(24)20-4-2-3-11-25-20)14-18-9-10-19-21(12-18)27-15-26-19/h5-10,12,20H,2-4,11,13-15H2,1H3/t20-/m0/s1. The van der Waals surface area contributed by atoms with Crippen LogP contribution < -0.4 is 9.47 Å². The second-order valence-electron chi connectivity index (χ2n) is 7.22.